The zero-order valence-corrected chi connectivity index (χ0v) is 9.24. The van der Waals surface area contributed by atoms with E-state index in [2.05, 4.69) is 4.90 Å². The van der Waals surface area contributed by atoms with Crippen LogP contribution in [0.15, 0.2) is 0 Å². The molecule has 0 N–H and O–H groups in total. The van der Waals surface area contributed by atoms with Gasteiger partial charge >= 0.3 is 0 Å². The van der Waals surface area contributed by atoms with Crippen molar-refractivity contribution >= 4 is 17.6 Å². The Morgan fingerprint density at radius 1 is 1.54 bits per heavy atom. The largest absolute Gasteiger partial charge is 0.290 e. The molecule has 0 spiro atoms. The lowest BCUT2D eigenvalue weighted by molar-refractivity contribution is 0.268. The van der Waals surface area contributed by atoms with Crippen LogP contribution in [0.3, 0.4) is 0 Å². The average molecular weight is 203 g/mol. The van der Waals surface area contributed by atoms with Crippen molar-refractivity contribution in [2.24, 2.45) is 0 Å². The second kappa shape index (κ2) is 4.47. The third-order valence-electron chi connectivity index (χ3n) is 2.88. The summed E-state index contributed by atoms with van der Waals surface area (Å²) in [5.41, 5.74) is -0.0330. The Morgan fingerprint density at radius 2 is 2.23 bits per heavy atom. The molecular weight excluding hydrogens is 185 g/mol. The van der Waals surface area contributed by atoms with Crippen LogP contribution in [0.25, 0.3) is 0 Å². The Morgan fingerprint density at radius 3 is 2.77 bits per heavy atom. The van der Waals surface area contributed by atoms with Gasteiger partial charge in [0.05, 0.1) is 5.54 Å². The minimum absolute atomic E-state index is 0.0330. The minimum atomic E-state index is -0.644. The van der Waals surface area contributed by atoms with Gasteiger partial charge in [0.15, 0.2) is 0 Å². The van der Waals surface area contributed by atoms with Crippen molar-refractivity contribution in [2.75, 3.05) is 13.1 Å². The van der Waals surface area contributed by atoms with Gasteiger partial charge in [-0.3, -0.25) is 4.90 Å². The highest BCUT2D eigenvalue weighted by Gasteiger charge is 2.46. The fourth-order valence-electron chi connectivity index (χ4n) is 2.33. The van der Waals surface area contributed by atoms with Crippen molar-refractivity contribution in [1.82, 2.24) is 4.90 Å². The topological polar surface area (TPSA) is 3.24 Å². The molecule has 2 fully saturated rings. The van der Waals surface area contributed by atoms with Crippen molar-refractivity contribution in [1.29, 1.82) is 0 Å². The quantitative estimate of drug-likeness (QED) is 0.603. The summed E-state index contributed by atoms with van der Waals surface area (Å²) in [5, 5.41) is 1.78. The number of rotatable bonds is 1. The molecule has 76 valence electrons. The molecule has 0 aromatic heterocycles. The second-order valence-corrected chi connectivity index (χ2v) is 3.81. The molecule has 2 heterocycles. The summed E-state index contributed by atoms with van der Waals surface area (Å²) in [6.07, 6.45) is 2.24. The summed E-state index contributed by atoms with van der Waals surface area (Å²) in [6.45, 7) is 5.64. The normalized spacial score (nSPS) is 37.9. The molecule has 0 aromatic carbocycles. The van der Waals surface area contributed by atoms with Crippen molar-refractivity contribution in [2.45, 2.75) is 44.8 Å². The van der Waals surface area contributed by atoms with E-state index in [-0.39, 0.29) is 5.54 Å². The maximum absolute atomic E-state index is 13.0. The standard InChI is InChI=1S/C8H12FNS.C2H6/c9-7-4-8(6-11)2-1-3-10(8)5-7;1-2/h6-7H,1-5H2;1-2H3. The van der Waals surface area contributed by atoms with Crippen molar-refractivity contribution in [3.63, 3.8) is 0 Å². The summed E-state index contributed by atoms with van der Waals surface area (Å²) >= 11 is 4.96. The summed E-state index contributed by atoms with van der Waals surface area (Å²) in [4.78, 5) is 2.20. The fourth-order valence-corrected chi connectivity index (χ4v) is 2.69. The Hall–Kier alpha value is -0.0200. The van der Waals surface area contributed by atoms with E-state index in [1.807, 2.05) is 13.8 Å². The van der Waals surface area contributed by atoms with Gasteiger partial charge in [-0.1, -0.05) is 26.1 Å². The summed E-state index contributed by atoms with van der Waals surface area (Å²) in [6, 6.07) is 0. The molecule has 0 aromatic rings. The Labute approximate surface area is 85.3 Å². The molecule has 2 aliphatic heterocycles. The molecule has 2 aliphatic rings. The van der Waals surface area contributed by atoms with Crippen molar-refractivity contribution in [3.05, 3.63) is 0 Å². The lowest BCUT2D eigenvalue weighted by atomic mass is 9.96. The molecule has 0 bridgehead atoms. The van der Waals surface area contributed by atoms with Gasteiger partial charge in [0.1, 0.15) is 6.17 Å². The predicted molar refractivity (Wildman–Crippen MR) is 58.1 cm³/mol. The first-order valence-electron chi connectivity index (χ1n) is 5.12. The molecule has 2 unspecified atom stereocenters. The van der Waals surface area contributed by atoms with Crippen LogP contribution in [0.1, 0.15) is 33.1 Å². The highest BCUT2D eigenvalue weighted by Crippen LogP contribution is 2.38. The lowest BCUT2D eigenvalue weighted by Gasteiger charge is -2.26. The van der Waals surface area contributed by atoms with Gasteiger partial charge in [-0.2, -0.15) is 0 Å². The number of alkyl halides is 1. The van der Waals surface area contributed by atoms with Crippen LogP contribution in [0.5, 0.6) is 0 Å². The Kier molecular flexibility index (Phi) is 3.80. The molecule has 0 radical (unpaired) electrons. The first-order valence-corrected chi connectivity index (χ1v) is 5.59. The van der Waals surface area contributed by atoms with Crippen LogP contribution in [0.2, 0.25) is 0 Å². The second-order valence-electron chi connectivity index (χ2n) is 3.57. The zero-order valence-electron chi connectivity index (χ0n) is 8.42. The van der Waals surface area contributed by atoms with Gasteiger partial charge in [-0.25, -0.2) is 4.39 Å². The minimum Gasteiger partial charge on any atom is -0.290 e. The molecule has 0 amide bonds. The average Bonchev–Trinajstić information content (AvgIpc) is 2.64. The number of hydrogen-bond acceptors (Lipinski definition) is 2. The number of nitrogens with zero attached hydrogens (tertiary/aromatic N) is 1. The molecule has 0 saturated carbocycles. The molecular formula is C10H18FNS. The van der Waals surface area contributed by atoms with E-state index < -0.39 is 6.17 Å². The van der Waals surface area contributed by atoms with E-state index in [9.17, 15) is 4.39 Å². The predicted octanol–water partition coefficient (Wildman–Crippen LogP) is 2.59. The van der Waals surface area contributed by atoms with Crippen molar-refractivity contribution < 1.29 is 4.39 Å². The number of hydrogen-bond donors (Lipinski definition) is 0. The van der Waals surface area contributed by atoms with E-state index in [1.165, 1.54) is 6.42 Å². The highest BCUT2D eigenvalue weighted by atomic mass is 32.1. The molecule has 2 atom stereocenters. The van der Waals surface area contributed by atoms with E-state index in [0.29, 0.717) is 13.0 Å². The molecule has 1 nitrogen and oxygen atoms in total. The van der Waals surface area contributed by atoms with Gasteiger partial charge < -0.3 is 0 Å². The smallest absolute Gasteiger partial charge is 0.115 e. The van der Waals surface area contributed by atoms with Crippen LogP contribution < -0.4 is 0 Å². The van der Waals surface area contributed by atoms with Gasteiger partial charge in [-0.05, 0) is 24.8 Å². The number of halogens is 1. The molecule has 0 aliphatic carbocycles. The summed E-state index contributed by atoms with van der Waals surface area (Å²) in [7, 11) is 0. The summed E-state index contributed by atoms with van der Waals surface area (Å²) in [5.74, 6) is 0. The van der Waals surface area contributed by atoms with Crippen molar-refractivity contribution in [3.8, 4) is 0 Å². The van der Waals surface area contributed by atoms with Crippen LogP contribution >= 0.6 is 12.2 Å². The SMILES string of the molecule is CC.FC1CN2CCCC2(C=S)C1. The van der Waals surface area contributed by atoms with Crippen LogP contribution in [-0.2, 0) is 0 Å². The van der Waals surface area contributed by atoms with E-state index in [0.717, 1.165) is 13.0 Å². The van der Waals surface area contributed by atoms with Crippen LogP contribution in [0, 0.1) is 0 Å². The van der Waals surface area contributed by atoms with E-state index >= 15 is 0 Å². The zero-order chi connectivity index (χ0) is 9.90. The maximum atomic E-state index is 13.0. The third kappa shape index (κ3) is 1.91. The highest BCUT2D eigenvalue weighted by molar-refractivity contribution is 7.79. The number of fused-ring (bicyclic) bond motifs is 1. The van der Waals surface area contributed by atoms with Gasteiger partial charge in [0, 0.05) is 13.0 Å². The molecule has 13 heavy (non-hydrogen) atoms. The Balaban J connectivity index is 0.000000396. The van der Waals surface area contributed by atoms with E-state index in [4.69, 9.17) is 12.2 Å². The maximum Gasteiger partial charge on any atom is 0.115 e. The monoisotopic (exact) mass is 203 g/mol. The van der Waals surface area contributed by atoms with E-state index in [1.54, 1.807) is 5.37 Å². The van der Waals surface area contributed by atoms with Gasteiger partial charge in [-0.15, -0.1) is 0 Å². The first kappa shape index (κ1) is 11.1. The number of thiocarbonyl (C=S) groups is 1. The molecule has 2 saturated heterocycles. The lowest BCUT2D eigenvalue weighted by Crippen LogP contribution is -2.38. The van der Waals surface area contributed by atoms with Gasteiger partial charge in [0.2, 0.25) is 0 Å². The molecule has 3 heteroatoms. The first-order chi connectivity index (χ1) is 6.27. The van der Waals surface area contributed by atoms with Crippen LogP contribution in [-0.4, -0.2) is 35.1 Å². The van der Waals surface area contributed by atoms with Crippen LogP contribution in [0.4, 0.5) is 4.39 Å². The van der Waals surface area contributed by atoms with Gasteiger partial charge in [0.25, 0.3) is 0 Å². The Bertz CT molecular complexity index is 186. The third-order valence-corrected chi connectivity index (χ3v) is 3.32. The summed E-state index contributed by atoms with van der Waals surface area (Å²) < 4.78 is 13.0. The fraction of sp³-hybridized carbons (Fsp3) is 0.900. The molecule has 2 rings (SSSR count).